The van der Waals surface area contributed by atoms with Crippen molar-refractivity contribution in [3.05, 3.63) is 29.1 Å². The fourth-order valence-electron chi connectivity index (χ4n) is 2.47. The average Bonchev–Trinajstić information content (AvgIpc) is 2.43. The Morgan fingerprint density at radius 2 is 2.37 bits per heavy atom. The minimum Gasteiger partial charge on any atom is -0.504 e. The first-order valence-electron chi connectivity index (χ1n) is 6.42. The number of methoxy groups -OCH3 is 1. The van der Waals surface area contributed by atoms with Crippen LogP contribution in [0.3, 0.4) is 0 Å². The van der Waals surface area contributed by atoms with Crippen molar-refractivity contribution in [2.75, 3.05) is 20.2 Å². The summed E-state index contributed by atoms with van der Waals surface area (Å²) in [5.74, 6) is -1.71. The molecule has 1 aromatic carbocycles. The van der Waals surface area contributed by atoms with Crippen LogP contribution in [0.5, 0.6) is 5.75 Å². The zero-order chi connectivity index (χ0) is 13.8. The molecule has 1 unspecified atom stereocenters. The van der Waals surface area contributed by atoms with Gasteiger partial charge in [0.2, 0.25) is 0 Å². The van der Waals surface area contributed by atoms with E-state index in [2.05, 4.69) is 10.1 Å². The Hall–Kier alpha value is -1.62. The van der Waals surface area contributed by atoms with E-state index in [4.69, 9.17) is 0 Å². The Balaban J connectivity index is 2.20. The molecule has 1 aliphatic rings. The first-order chi connectivity index (χ1) is 9.11. The lowest BCUT2D eigenvalue weighted by atomic mass is 9.91. The van der Waals surface area contributed by atoms with Gasteiger partial charge in [0.15, 0.2) is 11.6 Å². The van der Waals surface area contributed by atoms with Crippen molar-refractivity contribution in [1.29, 1.82) is 0 Å². The molecule has 1 aliphatic heterocycles. The van der Waals surface area contributed by atoms with E-state index >= 15 is 0 Å². The molecule has 0 aliphatic carbocycles. The second-order valence-corrected chi connectivity index (χ2v) is 4.88. The molecule has 0 amide bonds. The number of rotatable bonds is 3. The first-order valence-corrected chi connectivity index (χ1v) is 6.42. The van der Waals surface area contributed by atoms with Crippen LogP contribution < -0.4 is 5.32 Å². The molecule has 104 valence electrons. The molecule has 0 bridgehead atoms. The van der Waals surface area contributed by atoms with Crippen LogP contribution in [0.2, 0.25) is 0 Å². The van der Waals surface area contributed by atoms with Gasteiger partial charge in [-0.05, 0) is 56.0 Å². The van der Waals surface area contributed by atoms with Crippen molar-refractivity contribution in [2.45, 2.75) is 19.3 Å². The van der Waals surface area contributed by atoms with Crippen LogP contribution in [-0.4, -0.2) is 31.3 Å². The molecule has 2 N–H and O–H groups in total. The number of hydrogen-bond donors (Lipinski definition) is 2. The van der Waals surface area contributed by atoms with Crippen LogP contribution >= 0.6 is 0 Å². The largest absolute Gasteiger partial charge is 0.504 e. The molecule has 1 aromatic rings. The molecule has 19 heavy (non-hydrogen) atoms. The van der Waals surface area contributed by atoms with Crippen molar-refractivity contribution in [3.8, 4) is 5.75 Å². The predicted molar refractivity (Wildman–Crippen MR) is 68.7 cm³/mol. The van der Waals surface area contributed by atoms with Crippen LogP contribution in [0.25, 0.3) is 0 Å². The Morgan fingerprint density at radius 1 is 1.58 bits per heavy atom. The zero-order valence-electron chi connectivity index (χ0n) is 10.9. The van der Waals surface area contributed by atoms with Crippen molar-refractivity contribution in [1.82, 2.24) is 5.32 Å². The molecule has 2 rings (SSSR count). The summed E-state index contributed by atoms with van der Waals surface area (Å²) in [5.41, 5.74) is 0.602. The van der Waals surface area contributed by atoms with Gasteiger partial charge in [-0.15, -0.1) is 0 Å². The molecule has 1 saturated heterocycles. The van der Waals surface area contributed by atoms with Gasteiger partial charge in [0.1, 0.15) is 5.56 Å². The SMILES string of the molecule is COC(=O)c1cc(CC2CCCNC2)cc(F)c1O. The van der Waals surface area contributed by atoms with Gasteiger partial charge < -0.3 is 15.2 Å². The highest BCUT2D eigenvalue weighted by molar-refractivity contribution is 5.92. The maximum absolute atomic E-state index is 13.6. The number of carbonyl (C=O) groups excluding carboxylic acids is 1. The molecule has 0 spiro atoms. The van der Waals surface area contributed by atoms with E-state index in [1.807, 2.05) is 0 Å². The number of halogens is 1. The number of benzene rings is 1. The molecule has 0 aromatic heterocycles. The van der Waals surface area contributed by atoms with E-state index in [9.17, 15) is 14.3 Å². The van der Waals surface area contributed by atoms with E-state index < -0.39 is 17.5 Å². The number of phenolic OH excluding ortho intramolecular Hbond substituents is 1. The second kappa shape index (κ2) is 6.02. The third-order valence-corrected chi connectivity index (χ3v) is 3.45. The summed E-state index contributed by atoms with van der Waals surface area (Å²) < 4.78 is 18.2. The van der Waals surface area contributed by atoms with Crippen LogP contribution in [0, 0.1) is 11.7 Å². The quantitative estimate of drug-likeness (QED) is 0.821. The number of nitrogens with one attached hydrogen (secondary N) is 1. The lowest BCUT2D eigenvalue weighted by Crippen LogP contribution is -2.30. The number of esters is 1. The highest BCUT2D eigenvalue weighted by Crippen LogP contribution is 2.26. The predicted octanol–water partition coefficient (Wildman–Crippen LogP) is 1.86. The normalized spacial score (nSPS) is 19.2. The highest BCUT2D eigenvalue weighted by Gasteiger charge is 2.19. The van der Waals surface area contributed by atoms with Crippen molar-refractivity contribution in [2.24, 2.45) is 5.92 Å². The van der Waals surface area contributed by atoms with Crippen molar-refractivity contribution >= 4 is 5.97 Å². The summed E-state index contributed by atoms with van der Waals surface area (Å²) in [6, 6.07) is 2.80. The topological polar surface area (TPSA) is 58.6 Å². The fraction of sp³-hybridized carbons (Fsp3) is 0.500. The summed E-state index contributed by atoms with van der Waals surface area (Å²) in [6.07, 6.45) is 2.88. The lowest BCUT2D eigenvalue weighted by Gasteiger charge is -2.23. The molecule has 5 heteroatoms. The first kappa shape index (κ1) is 13.8. The van der Waals surface area contributed by atoms with Gasteiger partial charge in [0.05, 0.1) is 7.11 Å². The van der Waals surface area contributed by atoms with Gasteiger partial charge >= 0.3 is 5.97 Å². The smallest absolute Gasteiger partial charge is 0.341 e. The van der Waals surface area contributed by atoms with E-state index in [0.717, 1.165) is 25.9 Å². The Morgan fingerprint density at radius 3 is 3.00 bits per heavy atom. The molecule has 0 radical (unpaired) electrons. The molecular formula is C14H18FNO3. The monoisotopic (exact) mass is 267 g/mol. The van der Waals surface area contributed by atoms with Gasteiger partial charge in [-0.1, -0.05) is 0 Å². The summed E-state index contributed by atoms with van der Waals surface area (Å²) in [5, 5.41) is 12.8. The van der Waals surface area contributed by atoms with Crippen molar-refractivity contribution in [3.63, 3.8) is 0 Å². The minimum atomic E-state index is -0.776. The van der Waals surface area contributed by atoms with Gasteiger partial charge in [-0.25, -0.2) is 9.18 Å². The minimum absolute atomic E-state index is 0.110. The maximum atomic E-state index is 13.6. The van der Waals surface area contributed by atoms with E-state index in [0.29, 0.717) is 17.9 Å². The number of aromatic hydroxyl groups is 1. The third-order valence-electron chi connectivity index (χ3n) is 3.45. The Bertz CT molecular complexity index is 470. The van der Waals surface area contributed by atoms with E-state index in [1.54, 1.807) is 0 Å². The Labute approximate surface area is 111 Å². The van der Waals surface area contributed by atoms with Crippen LogP contribution in [-0.2, 0) is 11.2 Å². The number of phenols is 1. The number of hydrogen-bond acceptors (Lipinski definition) is 4. The zero-order valence-corrected chi connectivity index (χ0v) is 10.9. The van der Waals surface area contributed by atoms with E-state index in [-0.39, 0.29) is 5.56 Å². The second-order valence-electron chi connectivity index (χ2n) is 4.88. The summed E-state index contributed by atoms with van der Waals surface area (Å²) in [7, 11) is 1.21. The highest BCUT2D eigenvalue weighted by atomic mass is 19.1. The van der Waals surface area contributed by atoms with Gasteiger partial charge in [-0.3, -0.25) is 0 Å². The van der Waals surface area contributed by atoms with Gasteiger partial charge in [0.25, 0.3) is 0 Å². The molecule has 1 atom stereocenters. The molecule has 4 nitrogen and oxygen atoms in total. The summed E-state index contributed by atoms with van der Waals surface area (Å²) in [6.45, 7) is 1.92. The summed E-state index contributed by atoms with van der Waals surface area (Å²) in [4.78, 5) is 11.5. The van der Waals surface area contributed by atoms with Gasteiger partial charge in [0, 0.05) is 0 Å². The standard InChI is InChI=1S/C14H18FNO3/c1-19-14(18)11-6-10(7-12(15)13(11)17)5-9-3-2-4-16-8-9/h6-7,9,16-17H,2-5,8H2,1H3. The molecular weight excluding hydrogens is 249 g/mol. The maximum Gasteiger partial charge on any atom is 0.341 e. The van der Waals surface area contributed by atoms with E-state index in [1.165, 1.54) is 19.2 Å². The number of carbonyl (C=O) groups is 1. The summed E-state index contributed by atoms with van der Waals surface area (Å²) >= 11 is 0. The lowest BCUT2D eigenvalue weighted by molar-refractivity contribution is 0.0596. The fourth-order valence-corrected chi connectivity index (χ4v) is 2.47. The number of piperidine rings is 1. The third kappa shape index (κ3) is 3.23. The Kier molecular flexibility index (Phi) is 4.37. The van der Waals surface area contributed by atoms with Crippen LogP contribution in [0.15, 0.2) is 12.1 Å². The van der Waals surface area contributed by atoms with Crippen LogP contribution in [0.1, 0.15) is 28.8 Å². The van der Waals surface area contributed by atoms with Crippen molar-refractivity contribution < 1.29 is 19.0 Å². The molecule has 0 saturated carbocycles. The molecule has 1 heterocycles. The van der Waals surface area contributed by atoms with Gasteiger partial charge in [-0.2, -0.15) is 0 Å². The average molecular weight is 267 g/mol. The number of ether oxygens (including phenoxy) is 1. The molecule has 1 fully saturated rings. The van der Waals surface area contributed by atoms with Crippen LogP contribution in [0.4, 0.5) is 4.39 Å².